The van der Waals surface area contributed by atoms with Crippen LogP contribution < -0.4 is 21.1 Å². The fraction of sp³-hybridized carbons (Fsp3) is 0.560. The molecular formula is C25H36Cl2N8O3S. The molecule has 2 aliphatic heterocycles. The van der Waals surface area contributed by atoms with Crippen molar-refractivity contribution in [2.24, 2.45) is 5.73 Å². The van der Waals surface area contributed by atoms with Crippen molar-refractivity contribution >= 4 is 50.8 Å². The first-order valence-corrected chi connectivity index (χ1v) is 15.7. The van der Waals surface area contributed by atoms with Crippen LogP contribution in [0.4, 0.5) is 11.6 Å². The molecule has 1 unspecified atom stereocenters. The average Bonchev–Trinajstić information content (AvgIpc) is 2.90. The normalized spacial score (nSPS) is 20.7. The van der Waals surface area contributed by atoms with Gasteiger partial charge in [0.15, 0.2) is 22.5 Å². The monoisotopic (exact) mass is 598 g/mol. The summed E-state index contributed by atoms with van der Waals surface area (Å²) in [4.78, 5) is 27.0. The Morgan fingerprint density at radius 2 is 1.79 bits per heavy atom. The topological polar surface area (TPSA) is 151 Å². The number of anilines is 2. The van der Waals surface area contributed by atoms with Gasteiger partial charge in [-0.05, 0) is 37.0 Å². The van der Waals surface area contributed by atoms with Gasteiger partial charge in [-0.15, -0.1) is 0 Å². The van der Waals surface area contributed by atoms with E-state index < -0.39 is 15.9 Å². The van der Waals surface area contributed by atoms with E-state index in [-0.39, 0.29) is 28.7 Å². The number of piperazine rings is 1. The third kappa shape index (κ3) is 7.30. The van der Waals surface area contributed by atoms with E-state index >= 15 is 0 Å². The minimum absolute atomic E-state index is 0.0228. The number of piperidine rings is 1. The van der Waals surface area contributed by atoms with E-state index in [2.05, 4.69) is 36.3 Å². The molecule has 2 saturated heterocycles. The Kier molecular flexibility index (Phi) is 9.56. The number of nitrogen functional groups attached to an aromatic ring is 1. The Bertz CT molecular complexity index is 1270. The number of primary amides is 1. The minimum atomic E-state index is -3.32. The molecule has 2 fully saturated rings. The Labute approximate surface area is 239 Å². The molecule has 2 aromatic rings. The number of hydrogen-bond acceptors (Lipinski definition) is 9. The summed E-state index contributed by atoms with van der Waals surface area (Å²) >= 11 is 12.5. The highest BCUT2D eigenvalue weighted by Gasteiger charge is 2.36. The molecule has 0 bridgehead atoms. The van der Waals surface area contributed by atoms with Crippen LogP contribution in [0.15, 0.2) is 24.3 Å². The third-order valence-corrected chi connectivity index (χ3v) is 8.79. The van der Waals surface area contributed by atoms with Gasteiger partial charge >= 0.3 is 0 Å². The molecule has 0 radical (unpaired) electrons. The zero-order valence-electron chi connectivity index (χ0n) is 22.2. The summed E-state index contributed by atoms with van der Waals surface area (Å²) in [6, 6.07) is 8.22. The molecule has 214 valence electrons. The van der Waals surface area contributed by atoms with Gasteiger partial charge in [0.1, 0.15) is 0 Å². The number of carbonyl (C=O) groups excluding carboxylic acids is 1. The van der Waals surface area contributed by atoms with Crippen LogP contribution in [0.3, 0.4) is 0 Å². The molecule has 5 N–H and O–H groups in total. The highest BCUT2D eigenvalue weighted by molar-refractivity contribution is 7.88. The van der Waals surface area contributed by atoms with E-state index in [4.69, 9.17) is 34.7 Å². The van der Waals surface area contributed by atoms with Crippen molar-refractivity contribution in [2.75, 3.05) is 56.2 Å². The van der Waals surface area contributed by atoms with Crippen LogP contribution in [-0.4, -0.2) is 91.7 Å². The summed E-state index contributed by atoms with van der Waals surface area (Å²) in [5.41, 5.74) is 12.2. The van der Waals surface area contributed by atoms with Crippen molar-refractivity contribution in [1.29, 1.82) is 0 Å². The Balaban J connectivity index is 1.42. The van der Waals surface area contributed by atoms with Crippen LogP contribution in [-0.2, 0) is 10.0 Å². The molecule has 11 nitrogen and oxygen atoms in total. The number of nitrogens with one attached hydrogen (secondary N) is 1. The van der Waals surface area contributed by atoms with Crippen LogP contribution in [0, 0.1) is 0 Å². The standard InChI is InChI=1S/C25H36Cl2N8O3S/c1-3-18-15-34(25-22(27)31-21(24(29)36)23(28)32-25)12-13-35(18)19-8-10-33(11-9-19)20(14-30-39(2,37)38)16-4-6-17(26)7-5-16/h4-7,18-20,30H,3,8-15H2,1-2H3,(H2,28,32)(H2,29,36)/t18-,20?/m0/s1. The van der Waals surface area contributed by atoms with E-state index in [1.165, 1.54) is 6.26 Å². The van der Waals surface area contributed by atoms with Crippen molar-refractivity contribution < 1.29 is 13.2 Å². The molecule has 2 aliphatic rings. The van der Waals surface area contributed by atoms with E-state index in [9.17, 15) is 13.2 Å². The van der Waals surface area contributed by atoms with Gasteiger partial charge < -0.3 is 16.4 Å². The molecule has 39 heavy (non-hydrogen) atoms. The number of nitrogens with zero attached hydrogens (tertiary/aromatic N) is 5. The quantitative estimate of drug-likeness (QED) is 0.394. The predicted octanol–water partition coefficient (Wildman–Crippen LogP) is 2.12. The van der Waals surface area contributed by atoms with Crippen molar-refractivity contribution in [2.45, 2.75) is 44.3 Å². The number of amides is 1. The molecule has 0 aliphatic carbocycles. The minimum Gasteiger partial charge on any atom is -0.382 e. The molecule has 14 heteroatoms. The summed E-state index contributed by atoms with van der Waals surface area (Å²) in [6.45, 7) is 6.42. The summed E-state index contributed by atoms with van der Waals surface area (Å²) in [5.74, 6) is -0.317. The van der Waals surface area contributed by atoms with Crippen molar-refractivity contribution in [1.82, 2.24) is 24.5 Å². The lowest BCUT2D eigenvalue weighted by molar-refractivity contribution is 0.0494. The van der Waals surface area contributed by atoms with Gasteiger partial charge in [0.2, 0.25) is 10.0 Å². The molecule has 1 aromatic heterocycles. The molecule has 2 atom stereocenters. The zero-order chi connectivity index (χ0) is 28.3. The van der Waals surface area contributed by atoms with E-state index in [1.54, 1.807) is 0 Å². The van der Waals surface area contributed by atoms with Gasteiger partial charge in [0.05, 0.1) is 6.26 Å². The lowest BCUT2D eigenvalue weighted by atomic mass is 9.95. The van der Waals surface area contributed by atoms with E-state index in [1.807, 2.05) is 24.3 Å². The number of nitrogens with two attached hydrogens (primary N) is 2. The summed E-state index contributed by atoms with van der Waals surface area (Å²) in [5, 5.41) is 0.765. The van der Waals surface area contributed by atoms with Crippen LogP contribution >= 0.6 is 23.2 Å². The molecular weight excluding hydrogens is 563 g/mol. The summed E-state index contributed by atoms with van der Waals surface area (Å²) < 4.78 is 26.4. The van der Waals surface area contributed by atoms with Crippen LogP contribution in [0.25, 0.3) is 0 Å². The van der Waals surface area contributed by atoms with Crippen molar-refractivity contribution in [3.05, 3.63) is 45.7 Å². The van der Waals surface area contributed by atoms with E-state index in [0.717, 1.165) is 44.5 Å². The second-order valence-corrected chi connectivity index (χ2v) is 12.8. The first-order valence-electron chi connectivity index (χ1n) is 13.0. The molecule has 4 rings (SSSR count). The van der Waals surface area contributed by atoms with Crippen LogP contribution in [0.2, 0.25) is 10.2 Å². The maximum atomic E-state index is 11.8. The fourth-order valence-corrected chi connectivity index (χ4v) is 6.44. The Morgan fingerprint density at radius 3 is 2.38 bits per heavy atom. The third-order valence-electron chi connectivity index (χ3n) is 7.60. The molecule has 1 aromatic carbocycles. The summed E-state index contributed by atoms with van der Waals surface area (Å²) in [6.07, 6.45) is 4.07. The zero-order valence-corrected chi connectivity index (χ0v) is 24.5. The Hall–Kier alpha value is -2.22. The molecule has 3 heterocycles. The van der Waals surface area contributed by atoms with Crippen molar-refractivity contribution in [3.63, 3.8) is 0 Å². The number of sulfonamides is 1. The lowest BCUT2D eigenvalue weighted by Crippen LogP contribution is -2.59. The molecule has 1 amide bonds. The van der Waals surface area contributed by atoms with Crippen LogP contribution in [0.1, 0.15) is 48.3 Å². The molecule has 0 spiro atoms. The number of rotatable bonds is 9. The van der Waals surface area contributed by atoms with Gasteiger partial charge in [-0.2, -0.15) is 0 Å². The highest BCUT2D eigenvalue weighted by Crippen LogP contribution is 2.31. The number of aromatic nitrogens is 2. The van der Waals surface area contributed by atoms with Gasteiger partial charge in [0.25, 0.3) is 5.91 Å². The summed E-state index contributed by atoms with van der Waals surface area (Å²) in [7, 11) is -3.32. The number of hydrogen-bond donors (Lipinski definition) is 3. The molecule has 0 saturated carbocycles. The fourth-order valence-electron chi connectivity index (χ4n) is 5.61. The van der Waals surface area contributed by atoms with Crippen molar-refractivity contribution in [3.8, 4) is 0 Å². The number of likely N-dealkylation sites (tertiary alicyclic amines) is 1. The maximum Gasteiger partial charge on any atom is 0.271 e. The van der Waals surface area contributed by atoms with Gasteiger partial charge in [-0.25, -0.2) is 23.1 Å². The van der Waals surface area contributed by atoms with Crippen LogP contribution in [0.5, 0.6) is 0 Å². The smallest absolute Gasteiger partial charge is 0.271 e. The largest absolute Gasteiger partial charge is 0.382 e. The number of benzene rings is 1. The number of halogens is 2. The second-order valence-electron chi connectivity index (χ2n) is 10.1. The lowest BCUT2D eigenvalue weighted by Gasteiger charge is -2.48. The average molecular weight is 600 g/mol. The highest BCUT2D eigenvalue weighted by atomic mass is 35.5. The van der Waals surface area contributed by atoms with Gasteiger partial charge in [-0.1, -0.05) is 42.3 Å². The first-order chi connectivity index (χ1) is 18.5. The maximum absolute atomic E-state index is 11.8. The number of carbonyl (C=O) groups is 1. The SMILES string of the molecule is CC[C@H]1CN(c2nc(N)c(C(N)=O)nc2Cl)CCN1C1CCN(C(CNS(C)(=O)=O)c2ccc(Cl)cc2)CC1. The van der Waals surface area contributed by atoms with Gasteiger partial charge in [0, 0.05) is 62.4 Å². The predicted molar refractivity (Wildman–Crippen MR) is 155 cm³/mol. The van der Waals surface area contributed by atoms with Gasteiger partial charge in [-0.3, -0.25) is 14.6 Å². The van der Waals surface area contributed by atoms with E-state index in [0.29, 0.717) is 36.5 Å². The Morgan fingerprint density at radius 1 is 1.13 bits per heavy atom. The second kappa shape index (κ2) is 12.5. The first kappa shape index (κ1) is 29.8.